The molecule has 2 heterocycles. The number of carbonyl (C=O) groups is 1. The summed E-state index contributed by atoms with van der Waals surface area (Å²) >= 11 is 0. The van der Waals surface area contributed by atoms with Crippen LogP contribution in [0.5, 0.6) is 0 Å². The molecule has 1 unspecified atom stereocenters. The molecule has 1 aliphatic rings. The predicted octanol–water partition coefficient (Wildman–Crippen LogP) is -0.177. The summed E-state index contributed by atoms with van der Waals surface area (Å²) in [6.45, 7) is 7.00. The molecule has 0 saturated carbocycles. The Balaban J connectivity index is 2.08. The zero-order valence-electron chi connectivity index (χ0n) is 11.8. The van der Waals surface area contributed by atoms with Gasteiger partial charge in [0.15, 0.2) is 11.6 Å². The Morgan fingerprint density at radius 2 is 2.11 bits per heavy atom. The van der Waals surface area contributed by atoms with Gasteiger partial charge in [-0.2, -0.15) is 4.80 Å². The van der Waals surface area contributed by atoms with Gasteiger partial charge in [-0.05, 0) is 18.6 Å². The lowest BCUT2D eigenvalue weighted by atomic mass is 9.88. The first kappa shape index (κ1) is 14.1. The number of ketones is 1. The Hall–Kier alpha value is -1.34. The molecular formula is C12H21N5O2. The van der Waals surface area contributed by atoms with Crippen LogP contribution in [0.15, 0.2) is 0 Å². The van der Waals surface area contributed by atoms with Crippen molar-refractivity contribution in [3.05, 3.63) is 5.82 Å². The Morgan fingerprint density at radius 1 is 1.42 bits per heavy atom. The van der Waals surface area contributed by atoms with Crippen molar-refractivity contribution in [2.45, 2.75) is 32.2 Å². The van der Waals surface area contributed by atoms with Crippen LogP contribution < -0.4 is 0 Å². The summed E-state index contributed by atoms with van der Waals surface area (Å²) in [5, 5.41) is 11.7. The number of hydrogen-bond acceptors (Lipinski definition) is 6. The first-order valence-electron chi connectivity index (χ1n) is 6.65. The third-order valence-electron chi connectivity index (χ3n) is 3.87. The first-order valence-corrected chi connectivity index (χ1v) is 6.65. The normalized spacial score (nSPS) is 20.2. The van der Waals surface area contributed by atoms with E-state index in [1.54, 1.807) is 7.05 Å². The van der Waals surface area contributed by atoms with E-state index in [2.05, 4.69) is 20.3 Å². The van der Waals surface area contributed by atoms with Gasteiger partial charge >= 0.3 is 0 Å². The van der Waals surface area contributed by atoms with E-state index >= 15 is 0 Å². The molecule has 19 heavy (non-hydrogen) atoms. The number of ether oxygens (including phenoxy) is 1. The van der Waals surface area contributed by atoms with E-state index in [1.165, 1.54) is 4.80 Å². The van der Waals surface area contributed by atoms with Gasteiger partial charge in [-0.25, -0.2) is 0 Å². The van der Waals surface area contributed by atoms with Crippen LogP contribution in [0.25, 0.3) is 0 Å². The standard InChI is InChI=1S/C12H21N5O2/c1-4-12(2,17-5-7-19-8-6-17)10(18)9-11-13-15-16(3)14-11/h4-9H2,1-3H3. The minimum atomic E-state index is -0.469. The second-order valence-electron chi connectivity index (χ2n) is 5.02. The fourth-order valence-corrected chi connectivity index (χ4v) is 2.38. The van der Waals surface area contributed by atoms with Gasteiger partial charge in [0.05, 0.1) is 32.2 Å². The van der Waals surface area contributed by atoms with E-state index in [-0.39, 0.29) is 12.2 Å². The zero-order valence-corrected chi connectivity index (χ0v) is 11.8. The third-order valence-corrected chi connectivity index (χ3v) is 3.87. The number of rotatable bonds is 5. The maximum absolute atomic E-state index is 12.6. The van der Waals surface area contributed by atoms with Gasteiger partial charge in [0.1, 0.15) is 0 Å². The second kappa shape index (κ2) is 5.75. The van der Waals surface area contributed by atoms with Crippen LogP contribution in [0.2, 0.25) is 0 Å². The monoisotopic (exact) mass is 267 g/mol. The molecule has 1 aliphatic heterocycles. The molecule has 1 atom stereocenters. The number of morpholine rings is 1. The lowest BCUT2D eigenvalue weighted by molar-refractivity contribution is -0.133. The van der Waals surface area contributed by atoms with Crippen LogP contribution in [0, 0.1) is 0 Å². The van der Waals surface area contributed by atoms with Gasteiger partial charge in [-0.1, -0.05) is 6.92 Å². The zero-order chi connectivity index (χ0) is 13.9. The smallest absolute Gasteiger partial charge is 0.182 e. The van der Waals surface area contributed by atoms with E-state index in [4.69, 9.17) is 4.74 Å². The van der Waals surface area contributed by atoms with Gasteiger partial charge in [0.2, 0.25) is 0 Å². The highest BCUT2D eigenvalue weighted by Gasteiger charge is 2.38. The van der Waals surface area contributed by atoms with E-state index in [0.717, 1.165) is 19.5 Å². The summed E-state index contributed by atoms with van der Waals surface area (Å²) in [7, 11) is 1.70. The number of aryl methyl sites for hydroxylation is 1. The summed E-state index contributed by atoms with van der Waals surface area (Å²) in [5.41, 5.74) is -0.469. The lowest BCUT2D eigenvalue weighted by Gasteiger charge is -2.41. The summed E-state index contributed by atoms with van der Waals surface area (Å²) in [6.07, 6.45) is 1.00. The highest BCUT2D eigenvalue weighted by atomic mass is 16.5. The van der Waals surface area contributed by atoms with E-state index in [1.807, 2.05) is 13.8 Å². The quantitative estimate of drug-likeness (QED) is 0.737. The summed E-state index contributed by atoms with van der Waals surface area (Å²) in [4.78, 5) is 16.2. The second-order valence-corrected chi connectivity index (χ2v) is 5.02. The third kappa shape index (κ3) is 2.98. The predicted molar refractivity (Wildman–Crippen MR) is 68.6 cm³/mol. The average molecular weight is 267 g/mol. The fourth-order valence-electron chi connectivity index (χ4n) is 2.38. The molecule has 0 N–H and O–H groups in total. The van der Waals surface area contributed by atoms with Crippen molar-refractivity contribution in [2.24, 2.45) is 7.05 Å². The van der Waals surface area contributed by atoms with Crippen LogP contribution >= 0.6 is 0 Å². The van der Waals surface area contributed by atoms with Crippen LogP contribution in [0.4, 0.5) is 0 Å². The number of tetrazole rings is 1. The van der Waals surface area contributed by atoms with Gasteiger partial charge in [0, 0.05) is 13.1 Å². The SMILES string of the molecule is CCC(C)(C(=O)Cc1nnn(C)n1)N1CCOCC1. The average Bonchev–Trinajstić information content (AvgIpc) is 2.84. The number of Topliss-reactive ketones (excluding diaryl/α,β-unsaturated/α-hetero) is 1. The van der Waals surface area contributed by atoms with Crippen molar-refractivity contribution in [3.63, 3.8) is 0 Å². The molecule has 7 nitrogen and oxygen atoms in total. The van der Waals surface area contributed by atoms with Crippen LogP contribution in [-0.2, 0) is 23.0 Å². The van der Waals surface area contributed by atoms with Gasteiger partial charge in [0.25, 0.3) is 0 Å². The lowest BCUT2D eigenvalue weighted by Crippen LogP contribution is -2.56. The van der Waals surface area contributed by atoms with Crippen LogP contribution in [-0.4, -0.2) is 62.7 Å². The molecule has 1 aromatic heterocycles. The molecule has 0 spiro atoms. The molecule has 0 bridgehead atoms. The summed E-state index contributed by atoms with van der Waals surface area (Å²) in [5.74, 6) is 0.630. The molecule has 2 rings (SSSR count). The van der Waals surface area contributed by atoms with Gasteiger partial charge < -0.3 is 4.74 Å². The fraction of sp³-hybridized carbons (Fsp3) is 0.833. The molecular weight excluding hydrogens is 246 g/mol. The maximum atomic E-state index is 12.6. The van der Waals surface area contributed by atoms with Crippen LogP contribution in [0.3, 0.4) is 0 Å². The molecule has 1 saturated heterocycles. The molecule has 7 heteroatoms. The van der Waals surface area contributed by atoms with Crippen molar-refractivity contribution in [2.75, 3.05) is 26.3 Å². The van der Waals surface area contributed by atoms with E-state index in [0.29, 0.717) is 19.0 Å². The van der Waals surface area contributed by atoms with Crippen molar-refractivity contribution in [1.82, 2.24) is 25.1 Å². The Kier molecular flexibility index (Phi) is 4.26. The van der Waals surface area contributed by atoms with E-state index < -0.39 is 5.54 Å². The maximum Gasteiger partial charge on any atom is 0.182 e. The molecule has 0 amide bonds. The van der Waals surface area contributed by atoms with E-state index in [9.17, 15) is 4.79 Å². The Morgan fingerprint density at radius 3 is 2.63 bits per heavy atom. The minimum absolute atomic E-state index is 0.143. The molecule has 106 valence electrons. The van der Waals surface area contributed by atoms with Crippen LogP contribution in [0.1, 0.15) is 26.1 Å². The highest BCUT2D eigenvalue weighted by Crippen LogP contribution is 2.23. The summed E-state index contributed by atoms with van der Waals surface area (Å²) < 4.78 is 5.35. The molecule has 0 aromatic carbocycles. The molecule has 0 radical (unpaired) electrons. The molecule has 1 aromatic rings. The minimum Gasteiger partial charge on any atom is -0.379 e. The van der Waals surface area contributed by atoms with Crippen molar-refractivity contribution >= 4 is 5.78 Å². The largest absolute Gasteiger partial charge is 0.379 e. The van der Waals surface area contributed by atoms with Crippen molar-refractivity contribution in [3.8, 4) is 0 Å². The number of aromatic nitrogens is 4. The molecule has 0 aliphatic carbocycles. The first-order chi connectivity index (χ1) is 9.06. The van der Waals surface area contributed by atoms with Gasteiger partial charge in [-0.15, -0.1) is 10.2 Å². The van der Waals surface area contributed by atoms with Gasteiger partial charge in [-0.3, -0.25) is 9.69 Å². The number of carbonyl (C=O) groups excluding carboxylic acids is 1. The number of nitrogens with zero attached hydrogens (tertiary/aromatic N) is 5. The number of hydrogen-bond donors (Lipinski definition) is 0. The molecule has 1 fully saturated rings. The highest BCUT2D eigenvalue weighted by molar-refractivity contribution is 5.89. The topological polar surface area (TPSA) is 73.1 Å². The van der Waals surface area contributed by atoms with Crippen molar-refractivity contribution < 1.29 is 9.53 Å². The Bertz CT molecular complexity index is 441. The Labute approximate surface area is 112 Å². The van der Waals surface area contributed by atoms with Crippen molar-refractivity contribution in [1.29, 1.82) is 0 Å². The summed E-state index contributed by atoms with van der Waals surface area (Å²) in [6, 6.07) is 0.